The molecule has 2 rings (SSSR count). The van der Waals surface area contributed by atoms with Crippen molar-refractivity contribution < 1.29 is 14.1 Å². The highest BCUT2D eigenvalue weighted by atomic mass is 19.1. The molecule has 1 aliphatic rings. The molecule has 0 radical (unpaired) electrons. The predicted octanol–water partition coefficient (Wildman–Crippen LogP) is 2.19. The molecule has 6 nitrogen and oxygen atoms in total. The van der Waals surface area contributed by atoms with E-state index in [-0.39, 0.29) is 0 Å². The molecule has 0 saturated carbocycles. The van der Waals surface area contributed by atoms with Crippen LogP contribution in [0.2, 0.25) is 0 Å². The van der Waals surface area contributed by atoms with Crippen molar-refractivity contribution >= 4 is 17.3 Å². The number of hydrogen-bond donors (Lipinski definition) is 1. The van der Waals surface area contributed by atoms with E-state index >= 15 is 0 Å². The maximum absolute atomic E-state index is 13.8. The molecule has 1 aromatic rings. The Balaban J connectivity index is 2.35. The molecule has 1 aromatic carbocycles. The van der Waals surface area contributed by atoms with Crippen LogP contribution < -0.4 is 5.73 Å². The highest BCUT2D eigenvalue weighted by Gasteiger charge is 2.31. The van der Waals surface area contributed by atoms with Gasteiger partial charge < -0.3 is 10.6 Å². The van der Waals surface area contributed by atoms with Gasteiger partial charge in [-0.25, -0.2) is 4.39 Å². The number of nitrogens with zero attached hydrogens (tertiary/aromatic N) is 2. The third-order valence-electron chi connectivity index (χ3n) is 3.73. The summed E-state index contributed by atoms with van der Waals surface area (Å²) in [4.78, 5) is 23.9. The Kier molecular flexibility index (Phi) is 3.87. The first-order valence-electron chi connectivity index (χ1n) is 6.47. The Bertz CT molecular complexity index is 562. The molecule has 0 bridgehead atoms. The summed E-state index contributed by atoms with van der Waals surface area (Å²) in [6, 6.07) is 1.88. The van der Waals surface area contributed by atoms with E-state index in [2.05, 4.69) is 0 Å². The number of nitrogen functional groups attached to an aromatic ring is 1. The summed E-state index contributed by atoms with van der Waals surface area (Å²) in [6.45, 7) is 3.09. The molecule has 1 heterocycles. The number of amides is 1. The average Bonchev–Trinajstić information content (AvgIpc) is 2.86. The van der Waals surface area contributed by atoms with Gasteiger partial charge in [0.15, 0.2) is 0 Å². The molecule has 1 fully saturated rings. The Morgan fingerprint density at radius 1 is 1.60 bits per heavy atom. The zero-order valence-corrected chi connectivity index (χ0v) is 11.1. The quantitative estimate of drug-likeness (QED) is 0.522. The number of hydrogen-bond acceptors (Lipinski definition) is 4. The monoisotopic (exact) mass is 281 g/mol. The van der Waals surface area contributed by atoms with Crippen LogP contribution in [0.3, 0.4) is 0 Å². The van der Waals surface area contributed by atoms with E-state index < -0.39 is 33.6 Å². The fourth-order valence-corrected chi connectivity index (χ4v) is 2.47. The Labute approximate surface area is 115 Å². The van der Waals surface area contributed by atoms with Crippen molar-refractivity contribution in [2.45, 2.75) is 19.8 Å². The minimum atomic E-state index is -0.821. The van der Waals surface area contributed by atoms with Gasteiger partial charge in [-0.2, -0.15) is 0 Å². The molecule has 0 aromatic heterocycles. The van der Waals surface area contributed by atoms with Crippen LogP contribution in [0, 0.1) is 21.8 Å². The van der Waals surface area contributed by atoms with Crippen LogP contribution in [0.4, 0.5) is 15.8 Å². The first kappa shape index (κ1) is 14.2. The number of halogens is 1. The summed E-state index contributed by atoms with van der Waals surface area (Å²) >= 11 is 0. The Hall–Kier alpha value is -2.18. The minimum absolute atomic E-state index is 0.391. The van der Waals surface area contributed by atoms with Crippen molar-refractivity contribution in [1.82, 2.24) is 4.90 Å². The molecule has 0 spiro atoms. The highest BCUT2D eigenvalue weighted by molar-refractivity contribution is 6.01. The van der Waals surface area contributed by atoms with E-state index in [4.69, 9.17) is 5.73 Å². The van der Waals surface area contributed by atoms with Crippen molar-refractivity contribution in [1.29, 1.82) is 0 Å². The number of carbonyl (C=O) groups excluding carboxylic acids is 1. The zero-order chi connectivity index (χ0) is 14.9. The number of nitrogens with two attached hydrogens (primary N) is 1. The van der Waals surface area contributed by atoms with E-state index in [1.165, 1.54) is 4.90 Å². The van der Waals surface area contributed by atoms with E-state index in [0.29, 0.717) is 19.0 Å². The molecular weight excluding hydrogens is 265 g/mol. The first-order valence-corrected chi connectivity index (χ1v) is 6.47. The van der Waals surface area contributed by atoms with Crippen LogP contribution in [0.15, 0.2) is 12.1 Å². The second-order valence-electron chi connectivity index (χ2n) is 4.93. The second-order valence-corrected chi connectivity index (χ2v) is 4.93. The lowest BCUT2D eigenvalue weighted by Crippen LogP contribution is -2.30. The molecule has 1 aliphatic heterocycles. The van der Waals surface area contributed by atoms with Gasteiger partial charge >= 0.3 is 0 Å². The van der Waals surface area contributed by atoms with Gasteiger partial charge in [0.25, 0.3) is 11.6 Å². The molecule has 2 N–H and O–H groups in total. The molecule has 7 heteroatoms. The lowest BCUT2D eigenvalue weighted by Gasteiger charge is -2.17. The largest absolute Gasteiger partial charge is 0.392 e. The molecule has 1 unspecified atom stereocenters. The Morgan fingerprint density at radius 3 is 2.85 bits per heavy atom. The van der Waals surface area contributed by atoms with Gasteiger partial charge in [0.1, 0.15) is 17.1 Å². The van der Waals surface area contributed by atoms with Gasteiger partial charge in [-0.05, 0) is 18.4 Å². The van der Waals surface area contributed by atoms with Crippen molar-refractivity contribution in [3.05, 3.63) is 33.6 Å². The van der Waals surface area contributed by atoms with Crippen molar-refractivity contribution in [2.24, 2.45) is 5.92 Å². The maximum Gasteiger partial charge on any atom is 0.293 e. The van der Waals surface area contributed by atoms with E-state index in [9.17, 15) is 19.3 Å². The minimum Gasteiger partial charge on any atom is -0.392 e. The van der Waals surface area contributed by atoms with Crippen LogP contribution in [0.25, 0.3) is 0 Å². The SMILES string of the molecule is CCC1CCN(C(=O)c2c(F)ccc([N+](=O)[O-])c2N)C1. The number of nitro benzene ring substituents is 1. The van der Waals surface area contributed by atoms with Crippen LogP contribution >= 0.6 is 0 Å². The number of rotatable bonds is 3. The van der Waals surface area contributed by atoms with Crippen molar-refractivity contribution in [3.8, 4) is 0 Å². The summed E-state index contributed by atoms with van der Waals surface area (Å²) in [7, 11) is 0. The molecule has 1 amide bonds. The number of benzene rings is 1. The van der Waals surface area contributed by atoms with Crippen molar-refractivity contribution in [2.75, 3.05) is 18.8 Å². The Morgan fingerprint density at radius 2 is 2.30 bits per heavy atom. The average molecular weight is 281 g/mol. The van der Waals surface area contributed by atoms with Crippen LogP contribution in [0.5, 0.6) is 0 Å². The second kappa shape index (κ2) is 5.44. The summed E-state index contributed by atoms with van der Waals surface area (Å²) < 4.78 is 13.8. The third kappa shape index (κ3) is 2.43. The number of carbonyl (C=O) groups is 1. The van der Waals surface area contributed by atoms with Crippen molar-refractivity contribution in [3.63, 3.8) is 0 Å². The van der Waals surface area contributed by atoms with Gasteiger partial charge in [-0.3, -0.25) is 14.9 Å². The normalized spacial score (nSPS) is 18.3. The summed E-state index contributed by atoms with van der Waals surface area (Å²) in [6.07, 6.45) is 1.80. The van der Waals surface area contributed by atoms with Gasteiger partial charge in [-0.1, -0.05) is 13.3 Å². The van der Waals surface area contributed by atoms with Gasteiger partial charge in [-0.15, -0.1) is 0 Å². The summed E-state index contributed by atoms with van der Waals surface area (Å²) in [5, 5.41) is 10.8. The van der Waals surface area contributed by atoms with Crippen LogP contribution in [0.1, 0.15) is 30.1 Å². The van der Waals surface area contributed by atoms with Crippen LogP contribution in [-0.4, -0.2) is 28.8 Å². The van der Waals surface area contributed by atoms with Gasteiger partial charge in [0.2, 0.25) is 0 Å². The highest BCUT2D eigenvalue weighted by Crippen LogP contribution is 2.30. The van der Waals surface area contributed by atoms with Gasteiger partial charge in [0, 0.05) is 19.2 Å². The molecule has 20 heavy (non-hydrogen) atoms. The summed E-state index contributed by atoms with van der Waals surface area (Å²) in [5.41, 5.74) is 4.35. The molecule has 0 aliphatic carbocycles. The first-order chi connectivity index (χ1) is 9.45. The predicted molar refractivity (Wildman–Crippen MR) is 71.8 cm³/mol. The van der Waals surface area contributed by atoms with E-state index in [1.807, 2.05) is 6.92 Å². The standard InChI is InChI=1S/C13H16FN3O3/c1-2-8-5-6-16(7-8)13(18)11-9(14)3-4-10(12(11)15)17(19)20/h3-4,8H,2,5-7,15H2,1H3. The van der Waals surface area contributed by atoms with Crippen LogP contribution in [-0.2, 0) is 0 Å². The van der Waals surface area contributed by atoms with E-state index in [1.54, 1.807) is 0 Å². The summed E-state index contributed by atoms with van der Waals surface area (Å²) in [5.74, 6) is -1.00. The smallest absolute Gasteiger partial charge is 0.293 e. The lowest BCUT2D eigenvalue weighted by molar-refractivity contribution is -0.384. The number of nitro groups is 1. The molecular formula is C13H16FN3O3. The maximum atomic E-state index is 13.8. The molecule has 1 atom stereocenters. The number of likely N-dealkylation sites (tertiary alicyclic amines) is 1. The zero-order valence-electron chi connectivity index (χ0n) is 11.1. The fourth-order valence-electron chi connectivity index (χ4n) is 2.47. The number of anilines is 1. The van der Waals surface area contributed by atoms with E-state index in [0.717, 1.165) is 25.0 Å². The topological polar surface area (TPSA) is 89.5 Å². The molecule has 1 saturated heterocycles. The van der Waals surface area contributed by atoms with Gasteiger partial charge in [0.05, 0.1) is 4.92 Å². The third-order valence-corrected chi connectivity index (χ3v) is 3.73. The lowest BCUT2D eigenvalue weighted by atomic mass is 10.1. The molecule has 108 valence electrons. The fraction of sp³-hybridized carbons (Fsp3) is 0.462.